The number of aromatic hydroxyl groups is 1. The van der Waals surface area contributed by atoms with Crippen molar-refractivity contribution in [1.82, 2.24) is 0 Å². The minimum atomic E-state index is -0.633. The molecule has 0 radical (unpaired) electrons. The molecule has 0 aliphatic rings. The van der Waals surface area contributed by atoms with Gasteiger partial charge >= 0.3 is 0 Å². The third-order valence-electron chi connectivity index (χ3n) is 5.01. The molecule has 2 aromatic rings. The Kier molecular flexibility index (Phi) is 6.26. The Morgan fingerprint density at radius 3 is 2.08 bits per heavy atom. The lowest BCUT2D eigenvalue weighted by Gasteiger charge is -2.32. The van der Waals surface area contributed by atoms with Crippen LogP contribution in [0.5, 0.6) is 5.75 Å². The quantitative estimate of drug-likeness (QED) is 0.618. The Morgan fingerprint density at radius 2 is 1.48 bits per heavy atom. The molecule has 0 saturated carbocycles. The molecule has 0 aliphatic carbocycles. The Morgan fingerprint density at radius 1 is 0.840 bits per heavy atom. The molecule has 3 heteroatoms. The molecule has 0 bridgehead atoms. The number of rotatable bonds is 8. The highest BCUT2D eigenvalue weighted by Gasteiger charge is 2.29. The van der Waals surface area contributed by atoms with Crippen LogP contribution in [0, 0.1) is 0 Å². The Balaban J connectivity index is 2.30. The Bertz CT molecular complexity index is 673. The van der Waals surface area contributed by atoms with Crippen LogP contribution in [0.4, 0.5) is 0 Å². The van der Waals surface area contributed by atoms with Crippen LogP contribution in [0.15, 0.2) is 48.5 Å². The van der Waals surface area contributed by atoms with Crippen molar-refractivity contribution in [3.63, 3.8) is 0 Å². The zero-order valence-corrected chi connectivity index (χ0v) is 15.5. The highest BCUT2D eigenvalue weighted by molar-refractivity contribution is 5.44. The number of aliphatic hydroxyl groups excluding tert-OH is 1. The number of benzene rings is 2. The largest absolute Gasteiger partial charge is 0.508 e. The van der Waals surface area contributed by atoms with Crippen molar-refractivity contribution in [3.8, 4) is 5.75 Å². The number of phenols is 1. The van der Waals surface area contributed by atoms with E-state index in [9.17, 15) is 15.3 Å². The SMILES string of the molecule is CC(C)(O)CCCCC(C)(c1ccccc1)c1ccc(O)c(CO)c1. The van der Waals surface area contributed by atoms with Crippen LogP contribution in [-0.2, 0) is 12.0 Å². The van der Waals surface area contributed by atoms with Gasteiger partial charge in [-0.15, -0.1) is 0 Å². The predicted molar refractivity (Wildman–Crippen MR) is 102 cm³/mol. The molecule has 2 rings (SSSR count). The topological polar surface area (TPSA) is 60.7 Å². The third kappa shape index (κ3) is 5.07. The summed E-state index contributed by atoms with van der Waals surface area (Å²) in [7, 11) is 0. The molecule has 2 aromatic carbocycles. The number of hydrogen-bond acceptors (Lipinski definition) is 3. The van der Waals surface area contributed by atoms with Crippen LogP contribution in [0.25, 0.3) is 0 Å². The van der Waals surface area contributed by atoms with Gasteiger partial charge in [0.05, 0.1) is 12.2 Å². The van der Waals surface area contributed by atoms with Crippen molar-refractivity contribution in [1.29, 1.82) is 0 Å². The van der Waals surface area contributed by atoms with E-state index in [0.717, 1.165) is 31.2 Å². The van der Waals surface area contributed by atoms with Gasteiger partial charge in [0.1, 0.15) is 5.75 Å². The summed E-state index contributed by atoms with van der Waals surface area (Å²) < 4.78 is 0. The number of unbranched alkanes of at least 4 members (excludes halogenated alkanes) is 1. The van der Waals surface area contributed by atoms with Gasteiger partial charge in [0.25, 0.3) is 0 Å². The van der Waals surface area contributed by atoms with Gasteiger partial charge in [0, 0.05) is 11.0 Å². The second kappa shape index (κ2) is 8.03. The first-order chi connectivity index (χ1) is 11.8. The highest BCUT2D eigenvalue weighted by Crippen LogP contribution is 2.38. The first-order valence-electron chi connectivity index (χ1n) is 8.97. The average molecular weight is 342 g/mol. The van der Waals surface area contributed by atoms with Crippen LogP contribution < -0.4 is 0 Å². The molecular weight excluding hydrogens is 312 g/mol. The molecule has 0 fully saturated rings. The lowest BCUT2D eigenvalue weighted by atomic mass is 9.72. The minimum Gasteiger partial charge on any atom is -0.508 e. The molecule has 0 saturated heterocycles. The first-order valence-corrected chi connectivity index (χ1v) is 8.97. The van der Waals surface area contributed by atoms with Crippen LogP contribution in [-0.4, -0.2) is 20.9 Å². The molecule has 0 aliphatic heterocycles. The van der Waals surface area contributed by atoms with Gasteiger partial charge in [-0.1, -0.05) is 56.2 Å². The van der Waals surface area contributed by atoms with Gasteiger partial charge < -0.3 is 15.3 Å². The maximum absolute atomic E-state index is 9.92. The van der Waals surface area contributed by atoms with E-state index in [0.29, 0.717) is 5.56 Å². The van der Waals surface area contributed by atoms with E-state index in [2.05, 4.69) is 19.1 Å². The predicted octanol–water partition coefficient (Wildman–Crippen LogP) is 4.52. The van der Waals surface area contributed by atoms with E-state index in [1.54, 1.807) is 6.07 Å². The van der Waals surface area contributed by atoms with Crippen LogP contribution >= 0.6 is 0 Å². The monoisotopic (exact) mass is 342 g/mol. The van der Waals surface area contributed by atoms with Gasteiger partial charge in [0.15, 0.2) is 0 Å². The maximum Gasteiger partial charge on any atom is 0.121 e. The lowest BCUT2D eigenvalue weighted by molar-refractivity contribution is 0.0677. The van der Waals surface area contributed by atoms with E-state index in [1.165, 1.54) is 5.56 Å². The fourth-order valence-corrected chi connectivity index (χ4v) is 3.35. The van der Waals surface area contributed by atoms with Gasteiger partial charge in [0.2, 0.25) is 0 Å². The van der Waals surface area contributed by atoms with Gasteiger partial charge in [-0.05, 0) is 49.9 Å². The van der Waals surface area contributed by atoms with E-state index in [4.69, 9.17) is 0 Å². The van der Waals surface area contributed by atoms with E-state index < -0.39 is 5.60 Å². The Hall–Kier alpha value is -1.84. The van der Waals surface area contributed by atoms with Crippen LogP contribution in [0.2, 0.25) is 0 Å². The van der Waals surface area contributed by atoms with Gasteiger partial charge in [-0.3, -0.25) is 0 Å². The zero-order chi connectivity index (χ0) is 18.5. The van der Waals surface area contributed by atoms with Crippen molar-refractivity contribution in [2.75, 3.05) is 0 Å². The van der Waals surface area contributed by atoms with Gasteiger partial charge in [-0.2, -0.15) is 0 Å². The summed E-state index contributed by atoms with van der Waals surface area (Å²) in [6, 6.07) is 15.8. The summed E-state index contributed by atoms with van der Waals surface area (Å²) in [5.74, 6) is 0.128. The van der Waals surface area contributed by atoms with E-state index >= 15 is 0 Å². The van der Waals surface area contributed by atoms with E-state index in [-0.39, 0.29) is 17.8 Å². The second-order valence-corrected chi connectivity index (χ2v) is 7.72. The van der Waals surface area contributed by atoms with E-state index in [1.807, 2.05) is 44.2 Å². The summed E-state index contributed by atoms with van der Waals surface area (Å²) in [5.41, 5.74) is 2.01. The zero-order valence-electron chi connectivity index (χ0n) is 15.5. The molecule has 3 nitrogen and oxygen atoms in total. The van der Waals surface area contributed by atoms with Crippen LogP contribution in [0.1, 0.15) is 63.1 Å². The molecule has 25 heavy (non-hydrogen) atoms. The molecule has 1 atom stereocenters. The minimum absolute atomic E-state index is 0.128. The third-order valence-corrected chi connectivity index (χ3v) is 5.01. The molecular formula is C22H30O3. The molecule has 0 spiro atoms. The molecule has 136 valence electrons. The standard InChI is InChI=1S/C22H30O3/c1-21(2,25)13-7-8-14-22(3,18-9-5-4-6-10-18)19-11-12-20(24)17(15-19)16-23/h4-6,9-12,15,23-25H,7-8,13-14,16H2,1-3H3. The average Bonchev–Trinajstić information content (AvgIpc) is 2.59. The van der Waals surface area contributed by atoms with Crippen molar-refractivity contribution >= 4 is 0 Å². The summed E-state index contributed by atoms with van der Waals surface area (Å²) in [4.78, 5) is 0. The summed E-state index contributed by atoms with van der Waals surface area (Å²) in [5, 5.41) is 29.3. The fraction of sp³-hybridized carbons (Fsp3) is 0.455. The van der Waals surface area contributed by atoms with Crippen molar-refractivity contribution < 1.29 is 15.3 Å². The van der Waals surface area contributed by atoms with Crippen molar-refractivity contribution in [3.05, 3.63) is 65.2 Å². The molecule has 0 heterocycles. The summed E-state index contributed by atoms with van der Waals surface area (Å²) in [6.45, 7) is 5.72. The second-order valence-electron chi connectivity index (χ2n) is 7.72. The summed E-state index contributed by atoms with van der Waals surface area (Å²) in [6.07, 6.45) is 3.65. The highest BCUT2D eigenvalue weighted by atomic mass is 16.3. The Labute approximate surface area is 151 Å². The molecule has 3 N–H and O–H groups in total. The fourth-order valence-electron chi connectivity index (χ4n) is 3.35. The van der Waals surface area contributed by atoms with Crippen molar-refractivity contribution in [2.45, 2.75) is 64.1 Å². The first kappa shape index (κ1) is 19.5. The number of hydrogen-bond donors (Lipinski definition) is 3. The lowest BCUT2D eigenvalue weighted by Crippen LogP contribution is -2.24. The smallest absolute Gasteiger partial charge is 0.121 e. The normalized spacial score (nSPS) is 14.3. The summed E-state index contributed by atoms with van der Waals surface area (Å²) >= 11 is 0. The molecule has 0 amide bonds. The maximum atomic E-state index is 9.92. The number of aliphatic hydroxyl groups is 2. The van der Waals surface area contributed by atoms with Gasteiger partial charge in [-0.25, -0.2) is 0 Å². The van der Waals surface area contributed by atoms with Crippen LogP contribution in [0.3, 0.4) is 0 Å². The molecule has 1 unspecified atom stereocenters. The molecule has 0 aromatic heterocycles. The van der Waals surface area contributed by atoms with Crippen molar-refractivity contribution in [2.24, 2.45) is 0 Å².